The molecule has 0 radical (unpaired) electrons. The van der Waals surface area contributed by atoms with Gasteiger partial charge in [0.25, 0.3) is 22.7 Å². The monoisotopic (exact) mass is 1380 g/mol. The van der Waals surface area contributed by atoms with Gasteiger partial charge in [-0.15, -0.1) is 0 Å². The molecule has 4 aromatic carbocycles. The molecule has 0 heterocycles. The van der Waals surface area contributed by atoms with Gasteiger partial charge in [0, 0.05) is 24.3 Å². The van der Waals surface area contributed by atoms with Crippen molar-refractivity contribution in [2.75, 3.05) is 0 Å². The third-order valence-corrected chi connectivity index (χ3v) is 14.5. The third kappa shape index (κ3) is 30.3. The van der Waals surface area contributed by atoms with Crippen LogP contribution in [0.15, 0.2) is 97.1 Å². The van der Waals surface area contributed by atoms with Crippen molar-refractivity contribution in [3.8, 4) is 0 Å². The zero-order chi connectivity index (χ0) is 56.6. The number of phosphoric acid groups is 6. The maximum atomic E-state index is 15.1. The Hall–Kier alpha value is 3.14. The van der Waals surface area contributed by atoms with Gasteiger partial charge in [-0.3, -0.25) is 67.6 Å². The smallest absolute Gasteiger partial charge is 0.790 e. The summed E-state index contributed by atoms with van der Waals surface area (Å²) in [5.74, 6) is 0. The van der Waals surface area contributed by atoms with Gasteiger partial charge in [0.2, 0.25) is 0 Å². The number of hydrogen-bond acceptors (Lipinski definition) is 32. The number of nitro benzene ring substituents is 4. The first-order valence-electron chi connectivity index (χ1n) is 20.0. The minimum Gasteiger partial charge on any atom is -0.790 e. The topological polar surface area (TPSA) is 552 Å². The number of benzene rings is 4. The second kappa shape index (κ2) is 41.2. The molecule has 416 valence electrons. The third-order valence-electron chi connectivity index (χ3n) is 9.71. The number of nitrogens with zero attached hydrogens (tertiary/aromatic N) is 4. The zero-order valence-electron chi connectivity index (χ0n) is 45.1. The fourth-order valence-electron chi connectivity index (χ4n) is 6.77. The molecule has 0 aromatic heterocycles. The van der Waals surface area contributed by atoms with Crippen LogP contribution < -0.4 is 276 Å². The molecule has 36 nitrogen and oxygen atoms in total. The Morgan fingerprint density at radius 3 is 0.607 bits per heavy atom. The maximum absolute atomic E-state index is 15.1. The molecule has 6 atom stereocenters. The van der Waals surface area contributed by atoms with Crippen LogP contribution in [0.1, 0.15) is 22.3 Å². The molecule has 0 aliphatic heterocycles. The van der Waals surface area contributed by atoms with Gasteiger partial charge in [-0.25, -0.2) is 9.13 Å². The van der Waals surface area contributed by atoms with E-state index in [-0.39, 0.29) is 236 Å². The van der Waals surface area contributed by atoms with Crippen molar-refractivity contribution in [2.45, 2.75) is 63.1 Å². The summed E-state index contributed by atoms with van der Waals surface area (Å²) in [6.07, 6.45) is -22.2. The molecule has 1 saturated carbocycles. The van der Waals surface area contributed by atoms with Crippen LogP contribution in [0, 0.1) is 40.5 Å². The average molecular weight is 1380 g/mol. The fourth-order valence-corrected chi connectivity index (χ4v) is 11.6. The van der Waals surface area contributed by atoms with Gasteiger partial charge in [0.1, 0.15) is 36.6 Å². The number of para-hydroxylation sites is 4. The Morgan fingerprint density at radius 1 is 0.298 bits per heavy atom. The Labute approximate surface area is 650 Å². The van der Waals surface area contributed by atoms with Gasteiger partial charge in [-0.05, 0) is 24.3 Å². The predicted octanol–water partition coefficient (Wildman–Crippen LogP) is -23.6. The largest absolute Gasteiger partial charge is 1.00 e. The number of phosphoric ester groups is 6. The van der Waals surface area contributed by atoms with Crippen LogP contribution in [0.2, 0.25) is 0 Å². The van der Waals surface area contributed by atoms with E-state index in [0.717, 1.165) is 97.1 Å². The molecule has 0 unspecified atom stereocenters. The minimum atomic E-state index is -7.04. The van der Waals surface area contributed by atoms with Crippen molar-refractivity contribution in [1.29, 1.82) is 0 Å². The molecule has 84 heavy (non-hydrogen) atoms. The van der Waals surface area contributed by atoms with Crippen LogP contribution in [0.5, 0.6) is 0 Å². The van der Waals surface area contributed by atoms with Crippen LogP contribution in [0.4, 0.5) is 22.7 Å². The van der Waals surface area contributed by atoms with Crippen molar-refractivity contribution in [1.82, 2.24) is 0 Å². The molecule has 50 heteroatoms. The van der Waals surface area contributed by atoms with E-state index in [1.165, 1.54) is 0 Å². The summed E-state index contributed by atoms with van der Waals surface area (Å²) < 4.78 is 129. The maximum Gasteiger partial charge on any atom is 1.00 e. The molecular formula is C34H30N4Na8O32P6. The summed E-state index contributed by atoms with van der Waals surface area (Å²) in [6.45, 7) is -5.61. The van der Waals surface area contributed by atoms with Gasteiger partial charge in [-0.2, -0.15) is 0 Å². The Morgan fingerprint density at radius 2 is 0.452 bits per heavy atom. The van der Waals surface area contributed by atoms with Crippen LogP contribution >= 0.6 is 46.9 Å². The van der Waals surface area contributed by atoms with Crippen molar-refractivity contribution in [2.24, 2.45) is 0 Å². The van der Waals surface area contributed by atoms with Gasteiger partial charge in [0.15, 0.2) is 0 Å². The van der Waals surface area contributed by atoms with E-state index < -0.39 is 175 Å². The van der Waals surface area contributed by atoms with Crippen LogP contribution in [-0.2, 0) is 99.1 Å². The van der Waals surface area contributed by atoms with E-state index in [4.69, 9.17) is 27.1 Å². The molecule has 0 spiro atoms. The van der Waals surface area contributed by atoms with E-state index >= 15 is 9.13 Å². The van der Waals surface area contributed by atoms with Gasteiger partial charge in [0.05, 0.1) is 99.7 Å². The molecule has 1 aliphatic carbocycles. The average Bonchev–Trinajstić information content (AvgIpc) is 3.31. The summed E-state index contributed by atoms with van der Waals surface area (Å²) in [5.41, 5.74) is -5.69. The van der Waals surface area contributed by atoms with Crippen molar-refractivity contribution >= 4 is 69.7 Å². The Kier molecular flexibility index (Phi) is 45.9. The Bertz CT molecular complexity index is 2790. The summed E-state index contributed by atoms with van der Waals surface area (Å²) in [5, 5.41) is 47.7. The van der Waals surface area contributed by atoms with E-state index in [0.29, 0.717) is 0 Å². The second-order valence-corrected chi connectivity index (χ2v) is 22.4. The van der Waals surface area contributed by atoms with Crippen molar-refractivity contribution in [3.05, 3.63) is 160 Å². The van der Waals surface area contributed by atoms with E-state index in [9.17, 15) is 97.9 Å². The second-order valence-electron chi connectivity index (χ2n) is 14.7. The number of hydrogen-bond donors (Lipinski definition) is 0. The van der Waals surface area contributed by atoms with Crippen LogP contribution in [-0.4, -0.2) is 56.3 Å². The first-order valence-corrected chi connectivity index (χ1v) is 28.8. The number of rotatable bonds is 28. The molecule has 0 saturated heterocycles. The molecule has 0 N–H and O–H groups in total. The van der Waals surface area contributed by atoms with Crippen molar-refractivity contribution < 1.29 is 368 Å². The Balaban J connectivity index is -0.00000400. The quantitative estimate of drug-likeness (QED) is 0.0220. The molecule has 1 fully saturated rings. The predicted molar refractivity (Wildman–Crippen MR) is 226 cm³/mol. The van der Waals surface area contributed by atoms with E-state index in [1.807, 2.05) is 0 Å². The fraction of sp³-hybridized carbons (Fsp3) is 0.294. The zero-order valence-corrected chi connectivity index (χ0v) is 66.4. The van der Waals surface area contributed by atoms with Gasteiger partial charge >= 0.3 is 252 Å². The summed E-state index contributed by atoms with van der Waals surface area (Å²) >= 11 is 0. The first kappa shape index (κ1) is 93.5. The standard InChI is InChI=1S/C34H38N4O32P6.8Na/c39-35(40)25-13-5-1-9-21(25)17-61-75(59,62-18-22-10-2-6-14-26(22)36(41)42)69-33-31(67-73(53,54)55)29(65-71(47,48)49)30(66-72(50,51)52)32(68-74(56,57)58)34(33)70-76(60,63-19-23-11-3-7-15-27(23)37(43)44)64-20-24-12-4-8-16-28(24)38(45)46;;;;;;;;/h1-16,29-34H,17-20H2,(H2,47,48,49)(H2,50,51,52)(H2,53,54,55)(H2,56,57,58);;;;;;;;/q;8*+1/p-8/t29-,30-,31+,32+,33-,34+;;;;;;;;/m0......../s1. The van der Waals surface area contributed by atoms with E-state index in [1.54, 1.807) is 0 Å². The van der Waals surface area contributed by atoms with Gasteiger partial charge < -0.3 is 75.5 Å². The molecule has 5 rings (SSSR count). The SMILES string of the molecule is O=[N+]([O-])c1ccccc1COP(=O)(OCc1ccccc1[N+](=O)[O-])O[C@@H]1[C@H](OP(=O)([O-])[O-])[C@@H](OP(=O)([O-])[O-])[C@H](OP(=O)([O-])[O-])[C@@H](OP(=O)([O-])[O-])[C@@H]1OP(=O)(OCc1ccccc1[N+](=O)[O-])OCc1ccccc1[N+](=O)[O-].[Na+].[Na+].[Na+].[Na+].[Na+].[Na+].[Na+].[Na+]. The first-order chi connectivity index (χ1) is 35.2. The number of nitro groups is 4. The van der Waals surface area contributed by atoms with E-state index in [2.05, 4.69) is 18.1 Å². The van der Waals surface area contributed by atoms with Crippen LogP contribution in [0.25, 0.3) is 0 Å². The summed E-state index contributed by atoms with van der Waals surface area (Å²) in [6, 6.07) is 15.9. The molecular weight excluding hydrogens is 1350 g/mol. The minimum absolute atomic E-state index is 0. The molecule has 0 amide bonds. The summed E-state index contributed by atoms with van der Waals surface area (Å²) in [4.78, 5) is 143. The van der Waals surface area contributed by atoms with Crippen molar-refractivity contribution in [3.63, 3.8) is 0 Å². The van der Waals surface area contributed by atoms with Crippen LogP contribution in [0.3, 0.4) is 0 Å². The molecule has 0 bridgehead atoms. The normalized spacial score (nSPS) is 17.9. The molecule has 1 aliphatic rings. The summed E-state index contributed by atoms with van der Waals surface area (Å²) in [7, 11) is -40.7. The molecule has 4 aromatic rings. The van der Waals surface area contributed by atoms with Gasteiger partial charge in [-0.1, -0.05) is 48.5 Å².